The molecule has 0 aromatic heterocycles. The van der Waals surface area contributed by atoms with Gasteiger partial charge in [-0.25, -0.2) is 4.79 Å². The van der Waals surface area contributed by atoms with Crippen molar-refractivity contribution in [3.05, 3.63) is 89.5 Å². The standard InChI is InChI=1S/C28H28N2O3/c1-32-17-26-23-14-15-30(27(23)22-12-6-7-13-25(22)29-26)28(31)33-16-24-20-10-4-2-8-18(20)19-9-3-5-11-21(19)24/h2-13,23-24,26-27,29H,14-17H2,1H3. The van der Waals surface area contributed by atoms with Crippen molar-refractivity contribution in [2.24, 2.45) is 5.92 Å². The van der Waals surface area contributed by atoms with Gasteiger partial charge in [0.1, 0.15) is 6.61 Å². The Bertz CT molecular complexity index is 1150. The first-order valence-corrected chi connectivity index (χ1v) is 11.7. The van der Waals surface area contributed by atoms with Gasteiger partial charge in [-0.05, 0) is 40.3 Å². The van der Waals surface area contributed by atoms with Crippen LogP contribution in [0.4, 0.5) is 10.5 Å². The van der Waals surface area contributed by atoms with Crippen LogP contribution in [0.1, 0.15) is 35.1 Å². The van der Waals surface area contributed by atoms with Crippen LogP contribution >= 0.6 is 0 Å². The van der Waals surface area contributed by atoms with Crippen molar-refractivity contribution in [3.63, 3.8) is 0 Å². The van der Waals surface area contributed by atoms with E-state index in [0.29, 0.717) is 25.7 Å². The summed E-state index contributed by atoms with van der Waals surface area (Å²) in [7, 11) is 1.73. The summed E-state index contributed by atoms with van der Waals surface area (Å²) in [4.78, 5) is 15.3. The van der Waals surface area contributed by atoms with Crippen LogP contribution in [0.25, 0.3) is 11.1 Å². The Balaban J connectivity index is 1.24. The molecule has 0 bridgehead atoms. The first-order chi connectivity index (χ1) is 16.3. The fraction of sp³-hybridized carbons (Fsp3) is 0.321. The lowest BCUT2D eigenvalue weighted by molar-refractivity contribution is 0.0856. The number of methoxy groups -OCH3 is 1. The Hall–Kier alpha value is -3.31. The Morgan fingerprint density at radius 1 is 0.909 bits per heavy atom. The van der Waals surface area contributed by atoms with E-state index in [-0.39, 0.29) is 24.1 Å². The third-order valence-electron chi connectivity index (χ3n) is 7.50. The van der Waals surface area contributed by atoms with Gasteiger partial charge >= 0.3 is 6.09 Å². The van der Waals surface area contributed by atoms with Crippen LogP contribution in [-0.2, 0) is 9.47 Å². The molecule has 0 radical (unpaired) electrons. The number of anilines is 1. The quantitative estimate of drug-likeness (QED) is 0.587. The molecular formula is C28H28N2O3. The molecule has 3 aromatic rings. The predicted octanol–water partition coefficient (Wildman–Crippen LogP) is 5.44. The summed E-state index contributed by atoms with van der Waals surface area (Å²) in [6.45, 7) is 1.67. The summed E-state index contributed by atoms with van der Waals surface area (Å²) in [6, 6.07) is 25.4. The molecular weight excluding hydrogens is 412 g/mol. The van der Waals surface area contributed by atoms with Crippen molar-refractivity contribution in [2.75, 3.05) is 32.2 Å². The van der Waals surface area contributed by atoms with E-state index in [9.17, 15) is 4.79 Å². The number of hydrogen-bond acceptors (Lipinski definition) is 4. The zero-order valence-corrected chi connectivity index (χ0v) is 18.7. The number of hydrogen-bond donors (Lipinski definition) is 1. The summed E-state index contributed by atoms with van der Waals surface area (Å²) < 4.78 is 11.5. The summed E-state index contributed by atoms with van der Waals surface area (Å²) in [5, 5.41) is 3.62. The Labute approximate surface area is 194 Å². The molecule has 6 rings (SSSR count). The number of ether oxygens (including phenoxy) is 2. The van der Waals surface area contributed by atoms with Crippen molar-refractivity contribution in [2.45, 2.75) is 24.4 Å². The van der Waals surface area contributed by atoms with Gasteiger partial charge in [-0.2, -0.15) is 0 Å². The summed E-state index contributed by atoms with van der Waals surface area (Å²) in [5.41, 5.74) is 7.20. The Morgan fingerprint density at radius 3 is 2.24 bits per heavy atom. The van der Waals surface area contributed by atoms with E-state index >= 15 is 0 Å². The number of fused-ring (bicyclic) bond motifs is 6. The molecule has 0 saturated carbocycles. The van der Waals surface area contributed by atoms with Gasteiger partial charge in [-0.3, -0.25) is 0 Å². The Morgan fingerprint density at radius 2 is 1.55 bits per heavy atom. The van der Waals surface area contributed by atoms with Gasteiger partial charge in [0.2, 0.25) is 0 Å². The number of amides is 1. The largest absolute Gasteiger partial charge is 0.448 e. The highest BCUT2D eigenvalue weighted by atomic mass is 16.6. The van der Waals surface area contributed by atoms with Gasteiger partial charge in [0.25, 0.3) is 0 Å². The van der Waals surface area contributed by atoms with Crippen molar-refractivity contribution in [1.82, 2.24) is 4.90 Å². The van der Waals surface area contributed by atoms with Gasteiger partial charge in [0.05, 0.1) is 18.7 Å². The lowest BCUT2D eigenvalue weighted by Crippen LogP contribution is -2.43. The maximum Gasteiger partial charge on any atom is 0.410 e. The molecule has 3 aromatic carbocycles. The minimum absolute atomic E-state index is 0.0123. The van der Waals surface area contributed by atoms with Crippen LogP contribution in [0.3, 0.4) is 0 Å². The number of rotatable bonds is 4. The van der Waals surface area contributed by atoms with E-state index in [0.717, 1.165) is 12.1 Å². The minimum Gasteiger partial charge on any atom is -0.448 e. The number of para-hydroxylation sites is 1. The van der Waals surface area contributed by atoms with Gasteiger partial charge < -0.3 is 19.7 Å². The average molecular weight is 441 g/mol. The molecule has 0 spiro atoms. The second kappa shape index (κ2) is 8.23. The molecule has 5 heteroatoms. The monoisotopic (exact) mass is 440 g/mol. The predicted molar refractivity (Wildman–Crippen MR) is 128 cm³/mol. The molecule has 168 valence electrons. The highest BCUT2D eigenvalue weighted by Gasteiger charge is 2.46. The minimum atomic E-state index is -0.225. The van der Waals surface area contributed by atoms with E-state index in [2.05, 4.69) is 66.0 Å². The van der Waals surface area contributed by atoms with Crippen LogP contribution < -0.4 is 5.32 Å². The number of likely N-dealkylation sites (tertiary alicyclic amines) is 1. The second-order valence-electron chi connectivity index (χ2n) is 9.19. The van der Waals surface area contributed by atoms with Crippen LogP contribution in [-0.4, -0.2) is 43.9 Å². The molecule has 1 N–H and O–H groups in total. The third kappa shape index (κ3) is 3.30. The lowest BCUT2D eigenvalue weighted by atomic mass is 9.83. The fourth-order valence-electron chi connectivity index (χ4n) is 6.06. The molecule has 5 nitrogen and oxygen atoms in total. The van der Waals surface area contributed by atoms with E-state index in [1.54, 1.807) is 7.11 Å². The second-order valence-corrected chi connectivity index (χ2v) is 9.19. The number of nitrogens with zero attached hydrogens (tertiary/aromatic N) is 1. The van der Waals surface area contributed by atoms with Crippen molar-refractivity contribution >= 4 is 11.8 Å². The molecule has 1 aliphatic carbocycles. The van der Waals surface area contributed by atoms with Crippen molar-refractivity contribution in [1.29, 1.82) is 0 Å². The van der Waals surface area contributed by atoms with Crippen LogP contribution in [0.15, 0.2) is 72.8 Å². The molecule has 2 aliphatic heterocycles. The van der Waals surface area contributed by atoms with Gasteiger partial charge in [0, 0.05) is 31.2 Å². The normalized spacial score (nSPS) is 22.7. The highest BCUT2D eigenvalue weighted by molar-refractivity contribution is 5.79. The molecule has 3 atom stereocenters. The molecule has 3 aliphatic rings. The van der Waals surface area contributed by atoms with Gasteiger partial charge in [0.15, 0.2) is 0 Å². The van der Waals surface area contributed by atoms with E-state index in [4.69, 9.17) is 9.47 Å². The van der Waals surface area contributed by atoms with E-state index in [1.807, 2.05) is 17.0 Å². The first-order valence-electron chi connectivity index (χ1n) is 11.7. The molecule has 3 unspecified atom stereocenters. The summed E-state index contributed by atoms with van der Waals surface area (Å²) in [5.74, 6) is 0.377. The van der Waals surface area contributed by atoms with E-state index in [1.165, 1.54) is 27.8 Å². The fourth-order valence-corrected chi connectivity index (χ4v) is 6.06. The maximum atomic E-state index is 13.4. The molecule has 2 heterocycles. The van der Waals surface area contributed by atoms with Crippen LogP contribution in [0.5, 0.6) is 0 Å². The molecule has 1 amide bonds. The summed E-state index contributed by atoms with van der Waals surface area (Å²) in [6.07, 6.45) is 0.710. The first kappa shape index (κ1) is 20.3. The van der Waals surface area contributed by atoms with Gasteiger partial charge in [-0.15, -0.1) is 0 Å². The smallest absolute Gasteiger partial charge is 0.410 e. The molecule has 33 heavy (non-hydrogen) atoms. The highest BCUT2D eigenvalue weighted by Crippen LogP contribution is 2.47. The zero-order valence-electron chi connectivity index (χ0n) is 18.7. The number of nitrogens with one attached hydrogen (secondary N) is 1. The topological polar surface area (TPSA) is 50.8 Å². The number of benzene rings is 3. The maximum absolute atomic E-state index is 13.4. The average Bonchev–Trinajstić information content (AvgIpc) is 3.44. The zero-order chi connectivity index (χ0) is 22.4. The molecule has 1 fully saturated rings. The van der Waals surface area contributed by atoms with Crippen molar-refractivity contribution in [3.8, 4) is 11.1 Å². The summed E-state index contributed by atoms with van der Waals surface area (Å²) >= 11 is 0. The number of carbonyl (C=O) groups is 1. The lowest BCUT2D eigenvalue weighted by Gasteiger charge is -2.39. The number of carbonyl (C=O) groups excluding carboxylic acids is 1. The SMILES string of the molecule is COCC1Nc2ccccc2C2C1CCN2C(=O)OCC1c2ccccc2-c2ccccc21. The van der Waals surface area contributed by atoms with Gasteiger partial charge in [-0.1, -0.05) is 66.7 Å². The van der Waals surface area contributed by atoms with Crippen LogP contribution in [0, 0.1) is 5.92 Å². The third-order valence-corrected chi connectivity index (χ3v) is 7.50. The van der Waals surface area contributed by atoms with E-state index < -0.39 is 0 Å². The molecule has 1 saturated heterocycles. The Kier molecular flexibility index (Phi) is 5.07. The van der Waals surface area contributed by atoms with Crippen LogP contribution in [0.2, 0.25) is 0 Å². The van der Waals surface area contributed by atoms with Crippen molar-refractivity contribution < 1.29 is 14.3 Å².